The molecular formula is C12H9Cl2NS. The molecule has 2 aromatic rings. The van der Waals surface area contributed by atoms with Crippen LogP contribution in [-0.2, 0) is 0 Å². The monoisotopic (exact) mass is 269 g/mol. The zero-order valence-electron chi connectivity index (χ0n) is 8.28. The highest BCUT2D eigenvalue weighted by Crippen LogP contribution is 2.32. The van der Waals surface area contributed by atoms with Crippen LogP contribution >= 0.6 is 35.0 Å². The van der Waals surface area contributed by atoms with E-state index in [9.17, 15) is 0 Å². The molecule has 82 valence electrons. The lowest BCUT2D eigenvalue weighted by atomic mass is 10.3. The fourth-order valence-electron chi connectivity index (χ4n) is 1.25. The average Bonchev–Trinajstić information content (AvgIpc) is 2.24. The first-order valence-electron chi connectivity index (χ1n) is 4.63. The minimum atomic E-state index is 0.565. The van der Waals surface area contributed by atoms with Crippen molar-refractivity contribution in [1.29, 1.82) is 0 Å². The molecule has 0 atom stereocenters. The number of nitrogens with two attached hydrogens (primary N) is 1. The Kier molecular flexibility index (Phi) is 3.64. The van der Waals surface area contributed by atoms with Gasteiger partial charge < -0.3 is 5.73 Å². The van der Waals surface area contributed by atoms with Crippen LogP contribution in [0, 0.1) is 0 Å². The van der Waals surface area contributed by atoms with Crippen LogP contribution in [0.25, 0.3) is 0 Å². The average molecular weight is 270 g/mol. The third-order valence-electron chi connectivity index (χ3n) is 1.98. The molecule has 2 N–H and O–H groups in total. The largest absolute Gasteiger partial charge is 0.399 e. The van der Waals surface area contributed by atoms with E-state index in [1.165, 1.54) is 0 Å². The molecule has 4 heteroatoms. The van der Waals surface area contributed by atoms with Gasteiger partial charge in [0.2, 0.25) is 0 Å². The molecule has 0 fully saturated rings. The van der Waals surface area contributed by atoms with Crippen molar-refractivity contribution in [1.82, 2.24) is 0 Å². The Bertz CT molecular complexity index is 514. The van der Waals surface area contributed by atoms with Crippen molar-refractivity contribution >= 4 is 40.7 Å². The normalized spacial score (nSPS) is 10.4. The van der Waals surface area contributed by atoms with Crippen LogP contribution in [-0.4, -0.2) is 0 Å². The van der Waals surface area contributed by atoms with Gasteiger partial charge in [0.25, 0.3) is 0 Å². The maximum atomic E-state index is 5.94. The molecule has 0 saturated carbocycles. The van der Waals surface area contributed by atoms with Crippen molar-refractivity contribution in [3.05, 3.63) is 52.5 Å². The summed E-state index contributed by atoms with van der Waals surface area (Å²) in [5.74, 6) is 0. The van der Waals surface area contributed by atoms with E-state index in [-0.39, 0.29) is 0 Å². The number of anilines is 1. The summed E-state index contributed by atoms with van der Waals surface area (Å²) >= 11 is 13.4. The van der Waals surface area contributed by atoms with Crippen molar-refractivity contribution in [2.45, 2.75) is 9.79 Å². The minimum absolute atomic E-state index is 0.565. The molecule has 0 radical (unpaired) electrons. The SMILES string of the molecule is Nc1cccc(Sc2ccc(Cl)c(Cl)c2)c1. The molecule has 0 aromatic heterocycles. The minimum Gasteiger partial charge on any atom is -0.399 e. The summed E-state index contributed by atoms with van der Waals surface area (Å²) in [6.45, 7) is 0. The second-order valence-electron chi connectivity index (χ2n) is 3.25. The van der Waals surface area contributed by atoms with Crippen molar-refractivity contribution in [2.75, 3.05) is 5.73 Å². The van der Waals surface area contributed by atoms with E-state index in [2.05, 4.69) is 0 Å². The van der Waals surface area contributed by atoms with E-state index in [1.807, 2.05) is 36.4 Å². The number of nitrogen functional groups attached to an aromatic ring is 1. The second kappa shape index (κ2) is 5.00. The molecule has 0 spiro atoms. The van der Waals surface area contributed by atoms with Gasteiger partial charge in [-0.2, -0.15) is 0 Å². The molecule has 0 aliphatic heterocycles. The third kappa shape index (κ3) is 2.85. The van der Waals surface area contributed by atoms with Gasteiger partial charge >= 0.3 is 0 Å². The standard InChI is InChI=1S/C12H9Cl2NS/c13-11-5-4-10(7-12(11)14)16-9-3-1-2-8(15)6-9/h1-7H,15H2. The lowest BCUT2D eigenvalue weighted by molar-refractivity contribution is 1.41. The first kappa shape index (κ1) is 11.6. The van der Waals surface area contributed by atoms with Gasteiger partial charge in [0.05, 0.1) is 10.0 Å². The van der Waals surface area contributed by atoms with Gasteiger partial charge in [-0.05, 0) is 36.4 Å². The highest BCUT2D eigenvalue weighted by atomic mass is 35.5. The predicted octanol–water partition coefficient (Wildman–Crippen LogP) is 4.73. The molecule has 2 rings (SSSR count). The van der Waals surface area contributed by atoms with E-state index >= 15 is 0 Å². The zero-order chi connectivity index (χ0) is 11.5. The fraction of sp³-hybridized carbons (Fsp3) is 0. The van der Waals surface area contributed by atoms with Gasteiger partial charge in [0.15, 0.2) is 0 Å². The number of halogens is 2. The maximum Gasteiger partial charge on any atom is 0.0603 e. The van der Waals surface area contributed by atoms with Crippen LogP contribution < -0.4 is 5.73 Å². The van der Waals surface area contributed by atoms with Crippen LogP contribution in [0.2, 0.25) is 10.0 Å². The van der Waals surface area contributed by atoms with Crippen molar-refractivity contribution in [3.63, 3.8) is 0 Å². The summed E-state index contributed by atoms with van der Waals surface area (Å²) in [5.41, 5.74) is 6.46. The first-order valence-corrected chi connectivity index (χ1v) is 6.21. The summed E-state index contributed by atoms with van der Waals surface area (Å²) < 4.78 is 0. The van der Waals surface area contributed by atoms with Crippen LogP contribution in [0.5, 0.6) is 0 Å². The molecule has 0 heterocycles. The third-order valence-corrected chi connectivity index (χ3v) is 3.70. The molecule has 1 nitrogen and oxygen atoms in total. The Labute approximate surface area is 109 Å². The van der Waals surface area contributed by atoms with Gasteiger partial charge in [0, 0.05) is 15.5 Å². The molecular weight excluding hydrogens is 261 g/mol. The van der Waals surface area contributed by atoms with Crippen LogP contribution in [0.15, 0.2) is 52.3 Å². The molecule has 0 bridgehead atoms. The lowest BCUT2D eigenvalue weighted by Crippen LogP contribution is -1.83. The van der Waals surface area contributed by atoms with Gasteiger partial charge in [0.1, 0.15) is 0 Å². The summed E-state index contributed by atoms with van der Waals surface area (Å²) in [6.07, 6.45) is 0. The van der Waals surface area contributed by atoms with E-state index in [4.69, 9.17) is 28.9 Å². The number of rotatable bonds is 2. The van der Waals surface area contributed by atoms with E-state index in [1.54, 1.807) is 17.8 Å². The lowest BCUT2D eigenvalue weighted by Gasteiger charge is -2.03. The van der Waals surface area contributed by atoms with Gasteiger partial charge in [-0.15, -0.1) is 0 Å². The smallest absolute Gasteiger partial charge is 0.0603 e. The van der Waals surface area contributed by atoms with Gasteiger partial charge in [-0.3, -0.25) is 0 Å². The molecule has 0 unspecified atom stereocenters. The van der Waals surface area contributed by atoms with Crippen LogP contribution in [0.4, 0.5) is 5.69 Å². The molecule has 16 heavy (non-hydrogen) atoms. The van der Waals surface area contributed by atoms with E-state index < -0.39 is 0 Å². The van der Waals surface area contributed by atoms with Crippen LogP contribution in [0.3, 0.4) is 0 Å². The van der Waals surface area contributed by atoms with Crippen molar-refractivity contribution in [3.8, 4) is 0 Å². The highest BCUT2D eigenvalue weighted by Gasteiger charge is 2.01. The quantitative estimate of drug-likeness (QED) is 0.798. The molecule has 0 aliphatic carbocycles. The molecule has 0 aliphatic rings. The predicted molar refractivity (Wildman–Crippen MR) is 71.4 cm³/mol. The Morgan fingerprint density at radius 1 is 0.875 bits per heavy atom. The van der Waals surface area contributed by atoms with Crippen molar-refractivity contribution < 1.29 is 0 Å². The van der Waals surface area contributed by atoms with Crippen molar-refractivity contribution in [2.24, 2.45) is 0 Å². The Morgan fingerprint density at radius 3 is 2.31 bits per heavy atom. The number of hydrogen-bond acceptors (Lipinski definition) is 2. The zero-order valence-corrected chi connectivity index (χ0v) is 10.6. The summed E-state index contributed by atoms with van der Waals surface area (Å²) in [5, 5.41) is 1.13. The summed E-state index contributed by atoms with van der Waals surface area (Å²) in [6, 6.07) is 13.3. The topological polar surface area (TPSA) is 26.0 Å². The maximum absolute atomic E-state index is 5.94. The molecule has 0 saturated heterocycles. The Morgan fingerprint density at radius 2 is 1.62 bits per heavy atom. The highest BCUT2D eigenvalue weighted by molar-refractivity contribution is 7.99. The first-order chi connectivity index (χ1) is 7.65. The Hall–Kier alpha value is -0.830. The molecule has 0 amide bonds. The van der Waals surface area contributed by atoms with Gasteiger partial charge in [-0.1, -0.05) is 41.0 Å². The van der Waals surface area contributed by atoms with E-state index in [0.29, 0.717) is 10.0 Å². The van der Waals surface area contributed by atoms with Gasteiger partial charge in [-0.25, -0.2) is 0 Å². The number of benzene rings is 2. The number of hydrogen-bond donors (Lipinski definition) is 1. The summed E-state index contributed by atoms with van der Waals surface area (Å²) in [4.78, 5) is 2.12. The Balaban J connectivity index is 2.24. The second-order valence-corrected chi connectivity index (χ2v) is 5.21. The van der Waals surface area contributed by atoms with Crippen LogP contribution in [0.1, 0.15) is 0 Å². The van der Waals surface area contributed by atoms with E-state index in [0.717, 1.165) is 15.5 Å². The summed E-state index contributed by atoms with van der Waals surface area (Å²) in [7, 11) is 0. The molecule has 2 aromatic carbocycles. The fourth-order valence-corrected chi connectivity index (χ4v) is 2.54.